The summed E-state index contributed by atoms with van der Waals surface area (Å²) in [5.74, 6) is 0. The lowest BCUT2D eigenvalue weighted by molar-refractivity contribution is 0.348. The minimum atomic E-state index is -0.129. The van der Waals surface area contributed by atoms with E-state index in [1.54, 1.807) is 19.4 Å². The van der Waals surface area contributed by atoms with E-state index >= 15 is 0 Å². The first-order chi connectivity index (χ1) is 8.11. The maximum Gasteiger partial charge on any atom is 0.299 e. The zero-order chi connectivity index (χ0) is 12.4. The number of hydrogen-bond donors (Lipinski definition) is 0. The Morgan fingerprint density at radius 2 is 2.24 bits per heavy atom. The maximum atomic E-state index is 11.9. The molecule has 2 heterocycles. The Balaban J connectivity index is 2.45. The van der Waals surface area contributed by atoms with Crippen molar-refractivity contribution in [1.82, 2.24) is 19.1 Å². The third-order valence-electron chi connectivity index (χ3n) is 2.52. The van der Waals surface area contributed by atoms with Crippen LogP contribution in [-0.2, 0) is 13.6 Å². The lowest BCUT2D eigenvalue weighted by Gasteiger charge is -2.10. The van der Waals surface area contributed by atoms with Crippen LogP contribution in [0.1, 0.15) is 11.4 Å². The van der Waals surface area contributed by atoms with Gasteiger partial charge in [0.2, 0.25) is 0 Å². The number of rotatable bonds is 3. The fourth-order valence-electron chi connectivity index (χ4n) is 1.59. The molecule has 0 aliphatic carbocycles. The van der Waals surface area contributed by atoms with Gasteiger partial charge >= 0.3 is 0 Å². The molecular weight excluding hydrogens is 220 g/mol. The fourth-order valence-corrected chi connectivity index (χ4v) is 1.59. The van der Waals surface area contributed by atoms with Gasteiger partial charge in [0.05, 0.1) is 25.7 Å². The summed E-state index contributed by atoms with van der Waals surface area (Å²) in [6.45, 7) is 2.16. The van der Waals surface area contributed by atoms with Crippen LogP contribution in [0.15, 0.2) is 23.4 Å². The molecule has 2 rings (SSSR count). The summed E-state index contributed by atoms with van der Waals surface area (Å²) in [6.07, 6.45) is 3.40. The summed E-state index contributed by atoms with van der Waals surface area (Å²) in [5.41, 5.74) is 1.43. The minimum Gasteiger partial charge on any atom is -0.468 e. The number of nitrogens with zero attached hydrogens (tertiary/aromatic N) is 4. The van der Waals surface area contributed by atoms with Crippen LogP contribution in [0.2, 0.25) is 0 Å². The highest BCUT2D eigenvalue weighted by atomic mass is 16.5. The number of methoxy groups -OCH3 is 1. The molecular formula is C11H14N4O2. The quantitative estimate of drug-likeness (QED) is 0.768. The standard InChI is InChI=1S/C11H14N4O2/c1-8-4-10(16)15(11(13-8)17-3)6-9-5-12-7-14(9)2/h4-5,7H,6H2,1-3H3. The first-order valence-electron chi connectivity index (χ1n) is 5.19. The Morgan fingerprint density at radius 1 is 1.47 bits per heavy atom. The van der Waals surface area contributed by atoms with E-state index < -0.39 is 0 Å². The lowest BCUT2D eigenvalue weighted by Crippen LogP contribution is -2.24. The molecule has 0 spiro atoms. The van der Waals surface area contributed by atoms with Crippen LogP contribution in [0.3, 0.4) is 0 Å². The normalized spacial score (nSPS) is 10.5. The van der Waals surface area contributed by atoms with Crippen LogP contribution < -0.4 is 10.3 Å². The molecule has 90 valence electrons. The average molecular weight is 234 g/mol. The Labute approximate surface area is 98.5 Å². The van der Waals surface area contributed by atoms with E-state index in [1.165, 1.54) is 17.7 Å². The molecule has 0 aliphatic heterocycles. The molecule has 0 saturated heterocycles. The Hall–Kier alpha value is -2.11. The van der Waals surface area contributed by atoms with Crippen molar-refractivity contribution in [3.63, 3.8) is 0 Å². The van der Waals surface area contributed by atoms with Gasteiger partial charge in [0, 0.05) is 25.0 Å². The van der Waals surface area contributed by atoms with Gasteiger partial charge in [-0.15, -0.1) is 0 Å². The van der Waals surface area contributed by atoms with Gasteiger partial charge in [0.15, 0.2) is 0 Å². The second-order valence-corrected chi connectivity index (χ2v) is 3.80. The molecule has 0 amide bonds. The zero-order valence-electron chi connectivity index (χ0n) is 10.0. The molecule has 17 heavy (non-hydrogen) atoms. The Bertz CT molecular complexity index is 585. The summed E-state index contributed by atoms with van der Waals surface area (Å²) in [4.78, 5) is 20.1. The molecule has 0 atom stereocenters. The van der Waals surface area contributed by atoms with Crippen molar-refractivity contribution in [2.45, 2.75) is 13.5 Å². The molecule has 0 unspecified atom stereocenters. The van der Waals surface area contributed by atoms with Gasteiger partial charge in [0.25, 0.3) is 11.6 Å². The molecule has 0 aromatic carbocycles. The molecule has 0 radical (unpaired) electrons. The van der Waals surface area contributed by atoms with Crippen molar-refractivity contribution >= 4 is 0 Å². The molecule has 0 bridgehead atoms. The Morgan fingerprint density at radius 3 is 2.82 bits per heavy atom. The largest absolute Gasteiger partial charge is 0.468 e. The van der Waals surface area contributed by atoms with Crippen molar-refractivity contribution in [3.05, 3.63) is 40.3 Å². The van der Waals surface area contributed by atoms with E-state index in [2.05, 4.69) is 9.97 Å². The van der Waals surface area contributed by atoms with Crippen molar-refractivity contribution in [3.8, 4) is 6.01 Å². The molecule has 0 aliphatic rings. The summed E-state index contributed by atoms with van der Waals surface area (Å²) >= 11 is 0. The number of aromatic nitrogens is 4. The molecule has 2 aromatic rings. The summed E-state index contributed by atoms with van der Waals surface area (Å²) in [7, 11) is 3.38. The van der Waals surface area contributed by atoms with Gasteiger partial charge in [0.1, 0.15) is 0 Å². The van der Waals surface area contributed by atoms with Crippen molar-refractivity contribution in [2.24, 2.45) is 7.05 Å². The van der Waals surface area contributed by atoms with Gasteiger partial charge in [-0.3, -0.25) is 9.36 Å². The molecule has 6 nitrogen and oxygen atoms in total. The van der Waals surface area contributed by atoms with Gasteiger partial charge < -0.3 is 9.30 Å². The van der Waals surface area contributed by atoms with Crippen LogP contribution in [0.5, 0.6) is 6.01 Å². The zero-order valence-corrected chi connectivity index (χ0v) is 10.0. The highest BCUT2D eigenvalue weighted by molar-refractivity contribution is 5.10. The number of aryl methyl sites for hydroxylation is 2. The second kappa shape index (κ2) is 4.40. The molecule has 0 N–H and O–H groups in total. The third kappa shape index (κ3) is 2.20. The summed E-state index contributed by atoms with van der Waals surface area (Å²) in [5, 5.41) is 0. The van der Waals surface area contributed by atoms with Crippen LogP contribution in [0.25, 0.3) is 0 Å². The summed E-state index contributed by atoms with van der Waals surface area (Å²) < 4.78 is 8.45. The minimum absolute atomic E-state index is 0.129. The van der Waals surface area contributed by atoms with Crippen LogP contribution in [0.4, 0.5) is 0 Å². The van der Waals surface area contributed by atoms with Crippen molar-refractivity contribution in [2.75, 3.05) is 7.11 Å². The second-order valence-electron chi connectivity index (χ2n) is 3.80. The SMILES string of the molecule is COc1nc(C)cc(=O)n1Cc1cncn1C. The lowest BCUT2D eigenvalue weighted by atomic mass is 10.4. The molecule has 0 saturated carbocycles. The number of ether oxygens (including phenoxy) is 1. The summed E-state index contributed by atoms with van der Waals surface area (Å²) in [6, 6.07) is 1.80. The van der Waals surface area contributed by atoms with E-state index in [0.29, 0.717) is 18.2 Å². The van der Waals surface area contributed by atoms with Crippen LogP contribution in [-0.4, -0.2) is 26.2 Å². The van der Waals surface area contributed by atoms with Gasteiger partial charge in [-0.05, 0) is 6.92 Å². The number of hydrogen-bond acceptors (Lipinski definition) is 4. The van der Waals surface area contributed by atoms with E-state index in [0.717, 1.165) is 5.69 Å². The predicted molar refractivity (Wildman–Crippen MR) is 62.1 cm³/mol. The van der Waals surface area contributed by atoms with E-state index in [-0.39, 0.29) is 5.56 Å². The first kappa shape index (κ1) is 11.4. The average Bonchev–Trinajstić information content (AvgIpc) is 2.68. The molecule has 2 aromatic heterocycles. The molecule has 6 heteroatoms. The monoisotopic (exact) mass is 234 g/mol. The topological polar surface area (TPSA) is 61.9 Å². The van der Waals surface area contributed by atoms with E-state index in [1.807, 2.05) is 11.6 Å². The van der Waals surface area contributed by atoms with E-state index in [9.17, 15) is 4.79 Å². The van der Waals surface area contributed by atoms with Crippen LogP contribution in [0, 0.1) is 6.92 Å². The van der Waals surface area contributed by atoms with Gasteiger partial charge in [-0.25, -0.2) is 9.97 Å². The first-order valence-corrected chi connectivity index (χ1v) is 5.19. The third-order valence-corrected chi connectivity index (χ3v) is 2.52. The Kier molecular flexibility index (Phi) is 2.95. The maximum absolute atomic E-state index is 11.9. The fraction of sp³-hybridized carbons (Fsp3) is 0.364. The number of imidazole rings is 1. The smallest absolute Gasteiger partial charge is 0.299 e. The van der Waals surface area contributed by atoms with Crippen molar-refractivity contribution in [1.29, 1.82) is 0 Å². The highest BCUT2D eigenvalue weighted by Crippen LogP contribution is 2.07. The predicted octanol–water partition coefficient (Wildman–Crippen LogP) is 0.342. The van der Waals surface area contributed by atoms with Gasteiger partial charge in [-0.2, -0.15) is 0 Å². The van der Waals surface area contributed by atoms with Gasteiger partial charge in [-0.1, -0.05) is 0 Å². The highest BCUT2D eigenvalue weighted by Gasteiger charge is 2.09. The van der Waals surface area contributed by atoms with Crippen LogP contribution >= 0.6 is 0 Å². The van der Waals surface area contributed by atoms with Crippen molar-refractivity contribution < 1.29 is 4.74 Å². The molecule has 0 fully saturated rings. The van der Waals surface area contributed by atoms with E-state index in [4.69, 9.17) is 4.74 Å².